The highest BCUT2D eigenvalue weighted by Crippen LogP contribution is 2.37. The number of nitrogens with zero attached hydrogens (tertiary/aromatic N) is 2. The van der Waals surface area contributed by atoms with Crippen LogP contribution in [0.4, 0.5) is 5.69 Å². The van der Waals surface area contributed by atoms with Crippen LogP contribution in [-0.4, -0.2) is 11.9 Å². The highest BCUT2D eigenvalue weighted by atomic mass is 31.1. The first-order valence-corrected chi connectivity index (χ1v) is 9.63. The molecule has 1 aliphatic rings. The van der Waals surface area contributed by atoms with Gasteiger partial charge in [0, 0.05) is 24.8 Å². The van der Waals surface area contributed by atoms with Crippen LogP contribution in [0.15, 0.2) is 97.3 Å². The molecule has 0 aliphatic carbocycles. The SMILES string of the molecule is CN1[C]N(c2ccccc2P(c2ccccc2)c2ccccc2)C=C1. The van der Waals surface area contributed by atoms with Crippen LogP contribution in [0.1, 0.15) is 0 Å². The maximum atomic E-state index is 3.33. The molecular weight excluding hydrogens is 323 g/mol. The van der Waals surface area contributed by atoms with Gasteiger partial charge in [-0.3, -0.25) is 0 Å². The van der Waals surface area contributed by atoms with Crippen molar-refractivity contribution >= 4 is 29.5 Å². The van der Waals surface area contributed by atoms with E-state index in [1.807, 2.05) is 18.1 Å². The van der Waals surface area contributed by atoms with Crippen LogP contribution in [0.5, 0.6) is 0 Å². The first-order chi connectivity index (χ1) is 12.3. The molecule has 2 nitrogen and oxygen atoms in total. The highest BCUT2D eigenvalue weighted by molar-refractivity contribution is 7.80. The minimum Gasteiger partial charge on any atom is -0.349 e. The zero-order valence-electron chi connectivity index (χ0n) is 14.1. The van der Waals surface area contributed by atoms with Crippen molar-refractivity contribution in [3.05, 3.63) is 104 Å². The summed E-state index contributed by atoms with van der Waals surface area (Å²) in [5, 5.41) is 4.04. The minimum absolute atomic E-state index is 0.631. The van der Waals surface area contributed by atoms with E-state index in [2.05, 4.69) is 103 Å². The van der Waals surface area contributed by atoms with Crippen LogP contribution < -0.4 is 20.8 Å². The smallest absolute Gasteiger partial charge is 0.212 e. The molecule has 0 atom stereocenters. The Labute approximate surface area is 150 Å². The molecule has 2 radical (unpaired) electrons. The van der Waals surface area contributed by atoms with E-state index in [0.29, 0.717) is 0 Å². The first-order valence-electron chi connectivity index (χ1n) is 8.29. The predicted molar refractivity (Wildman–Crippen MR) is 108 cm³/mol. The topological polar surface area (TPSA) is 6.48 Å². The predicted octanol–water partition coefficient (Wildman–Crippen LogP) is 3.66. The lowest BCUT2D eigenvalue weighted by molar-refractivity contribution is 0.575. The maximum absolute atomic E-state index is 3.33. The van der Waals surface area contributed by atoms with Gasteiger partial charge in [-0.2, -0.15) is 0 Å². The second-order valence-electron chi connectivity index (χ2n) is 5.87. The van der Waals surface area contributed by atoms with E-state index in [0.717, 1.165) is 0 Å². The van der Waals surface area contributed by atoms with Crippen LogP contribution in [0.2, 0.25) is 0 Å². The van der Waals surface area contributed by atoms with Gasteiger partial charge in [-0.1, -0.05) is 78.9 Å². The Hall–Kier alpha value is -2.57. The monoisotopic (exact) mass is 342 g/mol. The Morgan fingerprint density at radius 2 is 1.24 bits per heavy atom. The summed E-state index contributed by atoms with van der Waals surface area (Å²) >= 11 is 0. The van der Waals surface area contributed by atoms with Gasteiger partial charge in [-0.05, 0) is 24.6 Å². The molecule has 0 fully saturated rings. The van der Waals surface area contributed by atoms with Gasteiger partial charge in [0.15, 0.2) is 0 Å². The molecule has 0 unspecified atom stereocenters. The van der Waals surface area contributed by atoms with Gasteiger partial charge in [0.25, 0.3) is 0 Å². The van der Waals surface area contributed by atoms with Gasteiger partial charge in [0.2, 0.25) is 6.67 Å². The summed E-state index contributed by atoms with van der Waals surface area (Å²) in [4.78, 5) is 4.03. The number of hydrogen-bond acceptors (Lipinski definition) is 2. The van der Waals surface area contributed by atoms with Gasteiger partial charge in [0.05, 0.1) is 5.69 Å². The van der Waals surface area contributed by atoms with Crippen molar-refractivity contribution in [1.29, 1.82) is 0 Å². The van der Waals surface area contributed by atoms with Crippen LogP contribution >= 0.6 is 7.92 Å². The van der Waals surface area contributed by atoms with Crippen LogP contribution in [0.25, 0.3) is 0 Å². The standard InChI is InChI=1S/C22H19N2P/c1-23-16-17-24(18-23)21-14-8-9-15-22(21)25(19-10-4-2-5-11-19)20-12-6-3-7-13-20/h2-17H,1H3. The van der Waals surface area contributed by atoms with E-state index in [1.165, 1.54) is 21.6 Å². The molecule has 0 saturated carbocycles. The Bertz CT molecular complexity index is 822. The molecule has 3 aromatic carbocycles. The maximum Gasteiger partial charge on any atom is 0.212 e. The lowest BCUT2D eigenvalue weighted by atomic mass is 10.3. The summed E-state index contributed by atoms with van der Waals surface area (Å²) in [6.45, 7) is 3.33. The first kappa shape index (κ1) is 15.9. The Kier molecular flexibility index (Phi) is 4.54. The van der Waals surface area contributed by atoms with Crippen molar-refractivity contribution in [1.82, 2.24) is 4.90 Å². The average molecular weight is 342 g/mol. The quantitative estimate of drug-likeness (QED) is 0.668. The Morgan fingerprint density at radius 1 is 0.680 bits per heavy atom. The summed E-state index contributed by atoms with van der Waals surface area (Å²) in [7, 11) is 1.37. The van der Waals surface area contributed by atoms with E-state index in [-0.39, 0.29) is 0 Å². The fourth-order valence-corrected chi connectivity index (χ4v) is 5.42. The van der Waals surface area contributed by atoms with Crippen LogP contribution in [-0.2, 0) is 0 Å². The second-order valence-corrected chi connectivity index (χ2v) is 8.06. The zero-order valence-corrected chi connectivity index (χ0v) is 15.0. The molecule has 0 amide bonds. The molecule has 1 aliphatic heterocycles. The molecular formula is C22H19N2P. The van der Waals surface area contributed by atoms with Crippen molar-refractivity contribution in [3.8, 4) is 0 Å². The van der Waals surface area contributed by atoms with Gasteiger partial charge in [0.1, 0.15) is 0 Å². The number of para-hydroxylation sites is 1. The van der Waals surface area contributed by atoms with Crippen molar-refractivity contribution in [2.24, 2.45) is 0 Å². The van der Waals surface area contributed by atoms with E-state index in [4.69, 9.17) is 0 Å². The van der Waals surface area contributed by atoms with Gasteiger partial charge < -0.3 is 9.80 Å². The molecule has 0 bridgehead atoms. The van der Waals surface area contributed by atoms with Crippen LogP contribution in [0.3, 0.4) is 0 Å². The summed E-state index contributed by atoms with van der Waals surface area (Å²) in [6.07, 6.45) is 4.08. The van der Waals surface area contributed by atoms with Gasteiger partial charge >= 0.3 is 0 Å². The van der Waals surface area contributed by atoms with E-state index in [9.17, 15) is 0 Å². The van der Waals surface area contributed by atoms with Crippen molar-refractivity contribution < 1.29 is 0 Å². The molecule has 3 heteroatoms. The van der Waals surface area contributed by atoms with Crippen molar-refractivity contribution in [3.63, 3.8) is 0 Å². The molecule has 0 aromatic heterocycles. The fraction of sp³-hybridized carbons (Fsp3) is 0.0455. The summed E-state index contributed by atoms with van der Waals surface area (Å²) < 4.78 is 0. The average Bonchev–Trinajstić information content (AvgIpc) is 3.10. The third-order valence-electron chi connectivity index (χ3n) is 4.12. The number of benzene rings is 3. The summed E-state index contributed by atoms with van der Waals surface area (Å²) in [5.74, 6) is 0. The van der Waals surface area contributed by atoms with Gasteiger partial charge in [-0.25, -0.2) is 0 Å². The lowest BCUT2D eigenvalue weighted by Crippen LogP contribution is -2.26. The normalized spacial score (nSPS) is 13.7. The Balaban J connectivity index is 1.85. The molecule has 25 heavy (non-hydrogen) atoms. The third-order valence-corrected chi connectivity index (χ3v) is 6.60. The summed E-state index contributed by atoms with van der Waals surface area (Å²) in [6, 6.07) is 30.2. The summed E-state index contributed by atoms with van der Waals surface area (Å²) in [5.41, 5.74) is 1.18. The molecule has 0 N–H and O–H groups in total. The molecule has 3 aromatic rings. The minimum atomic E-state index is -0.631. The molecule has 0 saturated heterocycles. The molecule has 122 valence electrons. The van der Waals surface area contributed by atoms with Crippen molar-refractivity contribution in [2.75, 3.05) is 11.9 Å². The van der Waals surface area contributed by atoms with E-state index >= 15 is 0 Å². The number of hydrogen-bond donors (Lipinski definition) is 0. The highest BCUT2D eigenvalue weighted by Gasteiger charge is 2.23. The molecule has 0 spiro atoms. The van der Waals surface area contributed by atoms with E-state index < -0.39 is 7.92 Å². The van der Waals surface area contributed by atoms with Gasteiger partial charge in [-0.15, -0.1) is 0 Å². The van der Waals surface area contributed by atoms with Crippen molar-refractivity contribution in [2.45, 2.75) is 0 Å². The largest absolute Gasteiger partial charge is 0.349 e. The lowest BCUT2D eigenvalue weighted by Gasteiger charge is -2.26. The second kappa shape index (κ2) is 7.13. The molecule has 4 rings (SSSR count). The molecule has 1 heterocycles. The Morgan fingerprint density at radius 3 is 1.80 bits per heavy atom. The number of rotatable bonds is 4. The van der Waals surface area contributed by atoms with E-state index in [1.54, 1.807) is 0 Å². The fourth-order valence-electron chi connectivity index (χ4n) is 2.98. The number of anilines is 1. The zero-order chi connectivity index (χ0) is 17.1. The van der Waals surface area contributed by atoms with Crippen LogP contribution in [0, 0.1) is 6.67 Å². The third kappa shape index (κ3) is 3.31.